The number of ether oxygens (including phenoxy) is 1. The van der Waals surface area contributed by atoms with Crippen molar-refractivity contribution in [2.75, 3.05) is 13.2 Å². The van der Waals surface area contributed by atoms with Crippen molar-refractivity contribution in [1.29, 1.82) is 0 Å². The van der Waals surface area contributed by atoms with E-state index in [2.05, 4.69) is 16.6 Å². The maximum absolute atomic E-state index is 11.9. The van der Waals surface area contributed by atoms with Gasteiger partial charge >= 0.3 is 12.0 Å². The van der Waals surface area contributed by atoms with Crippen LogP contribution in [0.1, 0.15) is 30.6 Å². The van der Waals surface area contributed by atoms with Crippen molar-refractivity contribution in [2.24, 2.45) is 0 Å². The summed E-state index contributed by atoms with van der Waals surface area (Å²) >= 11 is 0. The fourth-order valence-electron chi connectivity index (χ4n) is 1.76. The van der Waals surface area contributed by atoms with E-state index < -0.39 is 34.5 Å². The van der Waals surface area contributed by atoms with E-state index in [9.17, 15) is 22.8 Å². The average Bonchev–Trinajstić information content (AvgIpc) is 2.64. The summed E-state index contributed by atoms with van der Waals surface area (Å²) in [6.07, 6.45) is 2.10. The second-order valence-corrected chi connectivity index (χ2v) is 7.34. The minimum Gasteiger partial charge on any atom is -0.452 e. The Hall–Kier alpha value is -2.72. The molecule has 0 saturated heterocycles. The van der Waals surface area contributed by atoms with E-state index >= 15 is 0 Å². The second-order valence-electron chi connectivity index (χ2n) is 5.57. The minimum absolute atomic E-state index is 0.0274. The number of benzene rings is 1. The lowest BCUT2D eigenvalue weighted by atomic mass is 10.2. The zero-order valence-corrected chi connectivity index (χ0v) is 16.0. The Morgan fingerprint density at radius 2 is 1.85 bits per heavy atom. The monoisotopic (exact) mass is 397 g/mol. The lowest BCUT2D eigenvalue weighted by molar-refractivity contribution is -0.123. The molecule has 0 radical (unpaired) electrons. The van der Waals surface area contributed by atoms with E-state index in [1.54, 1.807) is 6.92 Å². The molecule has 1 atom stereocenters. The summed E-state index contributed by atoms with van der Waals surface area (Å²) in [6, 6.07) is 4.23. The van der Waals surface area contributed by atoms with Crippen molar-refractivity contribution in [3.63, 3.8) is 0 Å². The van der Waals surface area contributed by atoms with Crippen LogP contribution in [0.15, 0.2) is 41.8 Å². The van der Waals surface area contributed by atoms with E-state index in [0.717, 1.165) is 0 Å². The van der Waals surface area contributed by atoms with Gasteiger partial charge in [-0.05, 0) is 37.6 Å². The van der Waals surface area contributed by atoms with Crippen molar-refractivity contribution >= 4 is 27.9 Å². The molecule has 3 amide bonds. The summed E-state index contributed by atoms with van der Waals surface area (Å²) in [4.78, 5) is 35.0. The molecule has 1 aromatic carbocycles. The van der Waals surface area contributed by atoms with Gasteiger partial charge in [0.05, 0.1) is 10.5 Å². The zero-order valence-electron chi connectivity index (χ0n) is 15.2. The first-order valence-electron chi connectivity index (χ1n) is 8.17. The van der Waals surface area contributed by atoms with Crippen LogP contribution in [0.25, 0.3) is 0 Å². The number of carbonyl (C=O) groups excluding carboxylic acids is 3. The van der Waals surface area contributed by atoms with Gasteiger partial charge in [-0.1, -0.05) is 13.0 Å². The second kappa shape index (κ2) is 10.4. The third-order valence-electron chi connectivity index (χ3n) is 3.40. The summed E-state index contributed by atoms with van der Waals surface area (Å²) in [6.45, 7) is 6.50. The molecule has 0 aliphatic heterocycles. The number of imide groups is 1. The normalized spacial score (nSPS) is 11.9. The first kappa shape index (κ1) is 22.3. The quantitative estimate of drug-likeness (QED) is 0.420. The first-order chi connectivity index (χ1) is 12.7. The largest absolute Gasteiger partial charge is 0.452 e. The maximum atomic E-state index is 11.9. The Balaban J connectivity index is 2.57. The van der Waals surface area contributed by atoms with Crippen LogP contribution in [0.4, 0.5) is 4.79 Å². The summed E-state index contributed by atoms with van der Waals surface area (Å²) < 4.78 is 30.9. The Morgan fingerprint density at radius 1 is 1.22 bits per heavy atom. The third kappa shape index (κ3) is 7.59. The van der Waals surface area contributed by atoms with E-state index in [0.29, 0.717) is 6.42 Å². The molecule has 0 aliphatic rings. The van der Waals surface area contributed by atoms with Gasteiger partial charge in [0, 0.05) is 12.6 Å². The molecular formula is C17H23N3O6S. The molecule has 0 aromatic heterocycles. The van der Waals surface area contributed by atoms with Gasteiger partial charge in [0.15, 0.2) is 6.61 Å². The average molecular weight is 397 g/mol. The fraction of sp³-hybridized carbons (Fsp3) is 0.353. The van der Waals surface area contributed by atoms with Crippen LogP contribution in [0, 0.1) is 0 Å². The summed E-state index contributed by atoms with van der Waals surface area (Å²) in [5.41, 5.74) is 0.0644. The zero-order chi connectivity index (χ0) is 20.4. The number of nitrogens with one attached hydrogen (secondary N) is 3. The van der Waals surface area contributed by atoms with E-state index in [-0.39, 0.29) is 23.0 Å². The Bertz CT molecular complexity index is 789. The summed E-state index contributed by atoms with van der Waals surface area (Å²) in [5, 5.41) is 4.57. The van der Waals surface area contributed by atoms with Gasteiger partial charge in [0.25, 0.3) is 5.91 Å². The molecule has 1 rings (SSSR count). The molecule has 10 heteroatoms. The summed E-state index contributed by atoms with van der Waals surface area (Å²) in [5.74, 6) is -1.60. The van der Waals surface area contributed by atoms with Crippen LogP contribution in [-0.2, 0) is 19.6 Å². The van der Waals surface area contributed by atoms with Crippen molar-refractivity contribution in [1.82, 2.24) is 15.4 Å². The number of urea groups is 1. The molecule has 0 fully saturated rings. The van der Waals surface area contributed by atoms with E-state index in [1.165, 1.54) is 30.3 Å². The van der Waals surface area contributed by atoms with Crippen molar-refractivity contribution in [3.05, 3.63) is 42.5 Å². The number of rotatable bonds is 9. The molecule has 9 nitrogen and oxygen atoms in total. The van der Waals surface area contributed by atoms with Gasteiger partial charge < -0.3 is 10.1 Å². The number of hydrogen-bond donors (Lipinski definition) is 3. The van der Waals surface area contributed by atoms with Crippen molar-refractivity contribution in [3.8, 4) is 0 Å². The molecule has 27 heavy (non-hydrogen) atoms. The number of esters is 1. The highest BCUT2D eigenvalue weighted by molar-refractivity contribution is 7.89. The van der Waals surface area contributed by atoms with Crippen LogP contribution >= 0.6 is 0 Å². The molecule has 3 N–H and O–H groups in total. The van der Waals surface area contributed by atoms with Crippen LogP contribution in [0.3, 0.4) is 0 Å². The smallest absolute Gasteiger partial charge is 0.338 e. The van der Waals surface area contributed by atoms with E-state index in [4.69, 9.17) is 4.74 Å². The van der Waals surface area contributed by atoms with Crippen LogP contribution < -0.4 is 15.4 Å². The molecule has 148 valence electrons. The van der Waals surface area contributed by atoms with Gasteiger partial charge in [-0.25, -0.2) is 22.7 Å². The van der Waals surface area contributed by atoms with E-state index in [1.807, 2.05) is 12.2 Å². The minimum atomic E-state index is -3.70. The molecule has 0 unspecified atom stereocenters. The number of hydrogen-bond acceptors (Lipinski definition) is 6. The van der Waals surface area contributed by atoms with Crippen LogP contribution in [-0.4, -0.2) is 45.5 Å². The number of carbonyl (C=O) groups is 3. The predicted octanol–water partition coefficient (Wildman–Crippen LogP) is 0.932. The highest BCUT2D eigenvalue weighted by Crippen LogP contribution is 2.11. The fourth-order valence-corrected chi connectivity index (χ4v) is 2.76. The van der Waals surface area contributed by atoms with Crippen LogP contribution in [0.5, 0.6) is 0 Å². The van der Waals surface area contributed by atoms with Gasteiger partial charge in [0.2, 0.25) is 10.0 Å². The molecule has 0 bridgehead atoms. The van der Waals surface area contributed by atoms with Crippen molar-refractivity contribution in [2.45, 2.75) is 31.2 Å². The summed E-state index contributed by atoms with van der Waals surface area (Å²) in [7, 11) is -3.70. The maximum Gasteiger partial charge on any atom is 0.338 e. The highest BCUT2D eigenvalue weighted by atomic mass is 32.2. The molecular weight excluding hydrogens is 374 g/mol. The standard InChI is InChI=1S/C17H23N3O6S/c1-4-10-18-27(24,25)14-8-6-13(7-9-14)16(22)26-11-15(21)20-17(23)19-12(3)5-2/h4,6-9,12,18H,1,5,10-11H2,2-3H3,(H2,19,20,21,23)/t12-/m1/s1. The van der Waals surface area contributed by atoms with Gasteiger partial charge in [-0.15, -0.1) is 6.58 Å². The van der Waals surface area contributed by atoms with Crippen LogP contribution in [0.2, 0.25) is 0 Å². The lowest BCUT2D eigenvalue weighted by Crippen LogP contribution is -2.44. The molecule has 0 spiro atoms. The molecule has 1 aromatic rings. The van der Waals surface area contributed by atoms with Gasteiger partial charge in [-0.3, -0.25) is 10.1 Å². The van der Waals surface area contributed by atoms with Crippen molar-refractivity contribution < 1.29 is 27.5 Å². The van der Waals surface area contributed by atoms with Gasteiger partial charge in [0.1, 0.15) is 0 Å². The molecule has 0 heterocycles. The highest BCUT2D eigenvalue weighted by Gasteiger charge is 2.16. The Morgan fingerprint density at radius 3 is 2.41 bits per heavy atom. The SMILES string of the molecule is C=CCNS(=O)(=O)c1ccc(C(=O)OCC(=O)NC(=O)N[C@H](C)CC)cc1. The van der Waals surface area contributed by atoms with Gasteiger partial charge in [-0.2, -0.15) is 0 Å². The lowest BCUT2D eigenvalue weighted by Gasteiger charge is -2.11. The predicted molar refractivity (Wildman–Crippen MR) is 98.5 cm³/mol. The third-order valence-corrected chi connectivity index (χ3v) is 4.83. The topological polar surface area (TPSA) is 131 Å². The number of amides is 3. The first-order valence-corrected chi connectivity index (χ1v) is 9.66. The molecule has 0 saturated carbocycles. The Kier molecular flexibility index (Phi) is 8.63. The number of sulfonamides is 1. The Labute approximate surface area is 158 Å². The molecule has 0 aliphatic carbocycles.